The lowest BCUT2D eigenvalue weighted by Gasteiger charge is -2.10. The van der Waals surface area contributed by atoms with E-state index in [2.05, 4.69) is 15.5 Å². The minimum absolute atomic E-state index is 0.319. The van der Waals surface area contributed by atoms with Crippen LogP contribution >= 0.6 is 11.6 Å². The second-order valence-electron chi connectivity index (χ2n) is 3.68. The number of nitrogens with zero attached hydrogens (tertiary/aromatic N) is 2. The number of hydrogen-bond donors (Lipinski definition) is 2. The van der Waals surface area contributed by atoms with Crippen LogP contribution in [0, 0.1) is 5.41 Å². The molecule has 1 heterocycles. The summed E-state index contributed by atoms with van der Waals surface area (Å²) in [5.74, 6) is -0.205. The van der Waals surface area contributed by atoms with Gasteiger partial charge in [-0.25, -0.2) is 0 Å². The molecule has 0 aliphatic heterocycles. The molecule has 0 aromatic carbocycles. The van der Waals surface area contributed by atoms with Crippen molar-refractivity contribution >= 4 is 23.4 Å². The van der Waals surface area contributed by atoms with Crippen LogP contribution in [0.25, 0.3) is 0 Å². The predicted molar refractivity (Wildman–Crippen MR) is 54.8 cm³/mol. The van der Waals surface area contributed by atoms with Crippen molar-refractivity contribution in [3.8, 4) is 0 Å². The van der Waals surface area contributed by atoms with Gasteiger partial charge in [0.05, 0.1) is 5.41 Å². The zero-order valence-corrected chi connectivity index (χ0v) is 8.66. The highest BCUT2D eigenvalue weighted by atomic mass is 35.5. The predicted octanol–water partition coefficient (Wildman–Crippen LogP) is 1.41. The summed E-state index contributed by atoms with van der Waals surface area (Å²) in [7, 11) is 0. The van der Waals surface area contributed by atoms with E-state index in [1.807, 2.05) is 0 Å². The van der Waals surface area contributed by atoms with E-state index in [0.29, 0.717) is 17.5 Å². The van der Waals surface area contributed by atoms with Crippen LogP contribution in [0.4, 0.5) is 5.82 Å². The Labute approximate surface area is 91.5 Å². The molecule has 2 N–H and O–H groups in total. The Balaban J connectivity index is 1.94. The first kappa shape index (κ1) is 10.2. The lowest BCUT2D eigenvalue weighted by Crippen LogP contribution is -2.24. The van der Waals surface area contributed by atoms with Gasteiger partial charge in [0.15, 0.2) is 5.15 Å². The van der Waals surface area contributed by atoms with Gasteiger partial charge < -0.3 is 10.4 Å². The minimum Gasteiger partial charge on any atom is -0.481 e. The van der Waals surface area contributed by atoms with Gasteiger partial charge in [0.2, 0.25) is 0 Å². The smallest absolute Gasteiger partial charge is 0.311 e. The average molecular weight is 228 g/mol. The lowest BCUT2D eigenvalue weighted by molar-refractivity contribution is -0.142. The Morgan fingerprint density at radius 1 is 1.53 bits per heavy atom. The van der Waals surface area contributed by atoms with Crippen LogP contribution in [0.2, 0.25) is 5.15 Å². The summed E-state index contributed by atoms with van der Waals surface area (Å²) >= 11 is 5.57. The topological polar surface area (TPSA) is 75.1 Å². The van der Waals surface area contributed by atoms with Crippen molar-refractivity contribution in [2.24, 2.45) is 5.41 Å². The molecule has 0 radical (unpaired) electrons. The fourth-order valence-corrected chi connectivity index (χ4v) is 1.39. The molecule has 5 nitrogen and oxygen atoms in total. The molecule has 2 rings (SSSR count). The van der Waals surface area contributed by atoms with Gasteiger partial charge in [0.25, 0.3) is 0 Å². The van der Waals surface area contributed by atoms with Crippen molar-refractivity contribution < 1.29 is 9.90 Å². The van der Waals surface area contributed by atoms with Gasteiger partial charge in [0, 0.05) is 6.54 Å². The maximum Gasteiger partial charge on any atom is 0.311 e. The molecule has 1 aromatic heterocycles. The Morgan fingerprint density at radius 3 is 2.73 bits per heavy atom. The van der Waals surface area contributed by atoms with Crippen LogP contribution in [-0.4, -0.2) is 27.8 Å². The third-order valence-electron chi connectivity index (χ3n) is 2.55. The average Bonchev–Trinajstić information content (AvgIpc) is 2.98. The van der Waals surface area contributed by atoms with Crippen LogP contribution in [0.15, 0.2) is 12.1 Å². The molecule has 0 unspecified atom stereocenters. The van der Waals surface area contributed by atoms with Crippen LogP contribution < -0.4 is 5.32 Å². The van der Waals surface area contributed by atoms with Gasteiger partial charge in [-0.05, 0) is 25.0 Å². The highest BCUT2D eigenvalue weighted by Gasteiger charge is 2.50. The molecule has 1 aromatic rings. The van der Waals surface area contributed by atoms with Crippen molar-refractivity contribution in [3.05, 3.63) is 17.3 Å². The van der Waals surface area contributed by atoms with E-state index in [-0.39, 0.29) is 0 Å². The second-order valence-corrected chi connectivity index (χ2v) is 4.07. The number of halogens is 1. The van der Waals surface area contributed by atoms with Crippen LogP contribution in [0.5, 0.6) is 0 Å². The summed E-state index contributed by atoms with van der Waals surface area (Å²) in [6, 6.07) is 3.28. The molecule has 0 amide bonds. The summed E-state index contributed by atoms with van der Waals surface area (Å²) in [6.07, 6.45) is 1.44. The Kier molecular flexibility index (Phi) is 2.48. The summed E-state index contributed by atoms with van der Waals surface area (Å²) in [5, 5.41) is 19.6. The number of aromatic nitrogens is 2. The van der Waals surface area contributed by atoms with Gasteiger partial charge in [-0.2, -0.15) is 0 Å². The molecule has 15 heavy (non-hydrogen) atoms. The molecule has 0 atom stereocenters. The number of carbonyl (C=O) groups is 1. The number of aliphatic carboxylic acids is 1. The minimum atomic E-state index is -0.753. The molecule has 0 bridgehead atoms. The Morgan fingerprint density at radius 2 is 2.27 bits per heavy atom. The van der Waals surface area contributed by atoms with E-state index in [9.17, 15) is 4.79 Å². The van der Waals surface area contributed by atoms with E-state index in [0.717, 1.165) is 12.8 Å². The molecule has 1 fully saturated rings. The third kappa shape index (κ3) is 2.18. The van der Waals surface area contributed by atoms with Crippen molar-refractivity contribution in [1.29, 1.82) is 0 Å². The number of anilines is 1. The normalized spacial score (nSPS) is 17.1. The van der Waals surface area contributed by atoms with E-state index in [1.165, 1.54) is 0 Å². The summed E-state index contributed by atoms with van der Waals surface area (Å²) in [6.45, 7) is 0.388. The van der Waals surface area contributed by atoms with Crippen molar-refractivity contribution in [2.75, 3.05) is 11.9 Å². The standard InChI is InChI=1S/C9H10ClN3O2/c10-6-1-2-7(13-12-6)11-5-9(3-4-9)8(14)15/h1-2H,3-5H2,(H,11,13)(H,14,15). The van der Waals surface area contributed by atoms with Crippen LogP contribution in [0.3, 0.4) is 0 Å². The molecule has 1 aliphatic rings. The number of carboxylic acid groups (broad SMARTS) is 1. The molecule has 6 heteroatoms. The number of hydrogen-bond acceptors (Lipinski definition) is 4. The van der Waals surface area contributed by atoms with Crippen molar-refractivity contribution in [2.45, 2.75) is 12.8 Å². The zero-order valence-electron chi connectivity index (χ0n) is 7.90. The van der Waals surface area contributed by atoms with Crippen LogP contribution in [0.1, 0.15) is 12.8 Å². The fraction of sp³-hybridized carbons (Fsp3) is 0.444. The highest BCUT2D eigenvalue weighted by molar-refractivity contribution is 6.29. The molecule has 0 saturated heterocycles. The summed E-state index contributed by atoms with van der Waals surface area (Å²) < 4.78 is 0. The largest absolute Gasteiger partial charge is 0.481 e. The summed E-state index contributed by atoms with van der Waals surface area (Å²) in [5.41, 5.74) is -0.596. The molecule has 80 valence electrons. The quantitative estimate of drug-likeness (QED) is 0.814. The van der Waals surface area contributed by atoms with E-state index in [4.69, 9.17) is 16.7 Å². The highest BCUT2D eigenvalue weighted by Crippen LogP contribution is 2.45. The van der Waals surface area contributed by atoms with E-state index < -0.39 is 11.4 Å². The van der Waals surface area contributed by atoms with Gasteiger partial charge in [-0.3, -0.25) is 4.79 Å². The van der Waals surface area contributed by atoms with Crippen LogP contribution in [-0.2, 0) is 4.79 Å². The SMILES string of the molecule is O=C(O)C1(CNc2ccc(Cl)nn2)CC1. The first-order chi connectivity index (χ1) is 7.12. The Hall–Kier alpha value is -1.36. The molecular formula is C9H10ClN3O2. The molecule has 0 spiro atoms. The van der Waals surface area contributed by atoms with E-state index >= 15 is 0 Å². The van der Waals surface area contributed by atoms with Gasteiger partial charge in [0.1, 0.15) is 5.82 Å². The van der Waals surface area contributed by atoms with E-state index in [1.54, 1.807) is 12.1 Å². The lowest BCUT2D eigenvalue weighted by atomic mass is 10.1. The monoisotopic (exact) mass is 227 g/mol. The number of carboxylic acids is 1. The number of nitrogens with one attached hydrogen (secondary N) is 1. The van der Waals surface area contributed by atoms with Crippen molar-refractivity contribution in [1.82, 2.24) is 10.2 Å². The molecular weight excluding hydrogens is 218 g/mol. The first-order valence-corrected chi connectivity index (χ1v) is 4.97. The van der Waals surface area contributed by atoms with Crippen molar-refractivity contribution in [3.63, 3.8) is 0 Å². The van der Waals surface area contributed by atoms with Gasteiger partial charge in [-0.1, -0.05) is 11.6 Å². The maximum atomic E-state index is 10.9. The van der Waals surface area contributed by atoms with Gasteiger partial charge in [-0.15, -0.1) is 10.2 Å². The third-order valence-corrected chi connectivity index (χ3v) is 2.75. The molecule has 1 aliphatic carbocycles. The Bertz CT molecular complexity index is 375. The maximum absolute atomic E-state index is 10.9. The first-order valence-electron chi connectivity index (χ1n) is 4.59. The number of rotatable bonds is 4. The molecule has 1 saturated carbocycles. The zero-order chi connectivity index (χ0) is 10.9. The second kappa shape index (κ2) is 3.66. The fourth-order valence-electron chi connectivity index (χ4n) is 1.29. The summed E-state index contributed by atoms with van der Waals surface area (Å²) in [4.78, 5) is 10.9. The van der Waals surface area contributed by atoms with Gasteiger partial charge >= 0.3 is 5.97 Å².